The molecule has 0 saturated carbocycles. The second kappa shape index (κ2) is 8.48. The van der Waals surface area contributed by atoms with Gasteiger partial charge in [0.2, 0.25) is 0 Å². The largest absolute Gasteiger partial charge is 0.488 e. The molecule has 1 fully saturated rings. The SMILES string of the molecule is C[C@@H]1N[C@]2(C(=O)Nc3ccccc32)[C@H]([N+](=O)[O-])[C@H]1c1cc(Br)ccc1OCc1ccccc1F. The Morgan fingerprint density at radius 2 is 1.88 bits per heavy atom. The van der Waals surface area contributed by atoms with E-state index in [0.717, 1.165) is 0 Å². The molecule has 2 heterocycles. The van der Waals surface area contributed by atoms with E-state index in [1.54, 1.807) is 60.7 Å². The van der Waals surface area contributed by atoms with Gasteiger partial charge in [0.25, 0.3) is 11.9 Å². The van der Waals surface area contributed by atoms with E-state index in [2.05, 4.69) is 26.6 Å². The molecular formula is C25H21BrFN3O4. The summed E-state index contributed by atoms with van der Waals surface area (Å²) in [5.41, 5.74) is 0.543. The van der Waals surface area contributed by atoms with Gasteiger partial charge in [-0.3, -0.25) is 20.2 Å². The second-order valence-electron chi connectivity index (χ2n) is 8.56. The van der Waals surface area contributed by atoms with Crippen LogP contribution < -0.4 is 15.4 Å². The van der Waals surface area contributed by atoms with Crippen molar-refractivity contribution in [2.75, 3.05) is 5.32 Å². The zero-order valence-electron chi connectivity index (χ0n) is 18.1. The second-order valence-corrected chi connectivity index (χ2v) is 9.47. The smallest absolute Gasteiger partial charge is 0.256 e. The molecule has 2 aliphatic rings. The topological polar surface area (TPSA) is 93.5 Å². The van der Waals surface area contributed by atoms with Gasteiger partial charge in [-0.1, -0.05) is 52.3 Å². The summed E-state index contributed by atoms with van der Waals surface area (Å²) >= 11 is 3.46. The highest BCUT2D eigenvalue weighted by molar-refractivity contribution is 9.10. The normalized spacial score (nSPS) is 25.3. The number of carbonyl (C=O) groups is 1. The molecule has 0 aromatic heterocycles. The fourth-order valence-electron chi connectivity index (χ4n) is 5.20. The van der Waals surface area contributed by atoms with Gasteiger partial charge in [0.1, 0.15) is 18.2 Å². The summed E-state index contributed by atoms with van der Waals surface area (Å²) in [6, 6.07) is 16.8. The van der Waals surface area contributed by atoms with E-state index in [4.69, 9.17) is 4.74 Å². The molecule has 7 nitrogen and oxygen atoms in total. The van der Waals surface area contributed by atoms with Gasteiger partial charge in [-0.2, -0.15) is 0 Å². The first-order valence-corrected chi connectivity index (χ1v) is 11.6. The monoisotopic (exact) mass is 525 g/mol. The summed E-state index contributed by atoms with van der Waals surface area (Å²) in [5, 5.41) is 18.6. The summed E-state index contributed by atoms with van der Waals surface area (Å²) < 4.78 is 20.8. The number of halogens is 2. The molecule has 174 valence electrons. The van der Waals surface area contributed by atoms with E-state index in [0.29, 0.717) is 32.6 Å². The van der Waals surface area contributed by atoms with Crippen molar-refractivity contribution < 1.29 is 18.8 Å². The highest BCUT2D eigenvalue weighted by Gasteiger charge is 2.68. The molecule has 3 aromatic carbocycles. The molecule has 1 amide bonds. The summed E-state index contributed by atoms with van der Waals surface area (Å²) in [4.78, 5) is 25.4. The third kappa shape index (κ3) is 3.47. The maximum absolute atomic E-state index is 14.1. The van der Waals surface area contributed by atoms with Crippen molar-refractivity contribution in [1.82, 2.24) is 5.32 Å². The number of benzene rings is 3. The number of amides is 1. The molecule has 2 aliphatic heterocycles. The summed E-state index contributed by atoms with van der Waals surface area (Å²) in [6.07, 6.45) is 0. The first kappa shape index (κ1) is 22.5. The number of carbonyl (C=O) groups excluding carboxylic acids is 1. The minimum absolute atomic E-state index is 0.0343. The molecule has 2 N–H and O–H groups in total. The Kier molecular flexibility index (Phi) is 5.61. The number of fused-ring (bicyclic) bond motifs is 2. The number of nitro groups is 1. The average Bonchev–Trinajstić information content (AvgIpc) is 3.27. The quantitative estimate of drug-likeness (QED) is 0.370. The Morgan fingerprint density at radius 1 is 1.15 bits per heavy atom. The van der Waals surface area contributed by atoms with Gasteiger partial charge in [-0.15, -0.1) is 0 Å². The van der Waals surface area contributed by atoms with Crippen molar-refractivity contribution in [2.45, 2.75) is 37.1 Å². The van der Waals surface area contributed by atoms with Crippen molar-refractivity contribution >= 4 is 27.5 Å². The third-order valence-corrected chi connectivity index (χ3v) is 7.13. The molecule has 0 unspecified atom stereocenters. The highest BCUT2D eigenvalue weighted by Crippen LogP contribution is 2.51. The molecule has 1 spiro atoms. The zero-order valence-corrected chi connectivity index (χ0v) is 19.7. The van der Waals surface area contributed by atoms with Gasteiger partial charge in [0.15, 0.2) is 5.54 Å². The van der Waals surface area contributed by atoms with Crippen LogP contribution in [0.25, 0.3) is 0 Å². The molecule has 0 radical (unpaired) electrons. The minimum Gasteiger partial charge on any atom is -0.488 e. The third-order valence-electron chi connectivity index (χ3n) is 6.64. The van der Waals surface area contributed by atoms with E-state index in [9.17, 15) is 19.3 Å². The van der Waals surface area contributed by atoms with Crippen LogP contribution in [0.15, 0.2) is 71.2 Å². The molecule has 3 aromatic rings. The summed E-state index contributed by atoms with van der Waals surface area (Å²) in [5.74, 6) is -1.13. The van der Waals surface area contributed by atoms with Crippen LogP contribution in [0.2, 0.25) is 0 Å². The van der Waals surface area contributed by atoms with E-state index in [-0.39, 0.29) is 11.5 Å². The van der Waals surface area contributed by atoms with E-state index < -0.39 is 35.3 Å². The molecule has 9 heteroatoms. The van der Waals surface area contributed by atoms with Crippen LogP contribution in [-0.2, 0) is 16.9 Å². The fraction of sp³-hybridized carbons (Fsp3) is 0.240. The van der Waals surface area contributed by atoms with Crippen LogP contribution in [0.4, 0.5) is 10.1 Å². The van der Waals surface area contributed by atoms with Gasteiger partial charge in [0.05, 0.1) is 5.92 Å². The first-order chi connectivity index (χ1) is 16.3. The summed E-state index contributed by atoms with van der Waals surface area (Å²) in [7, 11) is 0. The number of rotatable bonds is 5. The maximum atomic E-state index is 14.1. The average molecular weight is 526 g/mol. The van der Waals surface area contributed by atoms with E-state index >= 15 is 0 Å². The molecule has 34 heavy (non-hydrogen) atoms. The Balaban J connectivity index is 1.59. The van der Waals surface area contributed by atoms with Crippen molar-refractivity contribution in [2.24, 2.45) is 0 Å². The number of nitrogens with zero attached hydrogens (tertiary/aromatic N) is 1. The predicted octanol–water partition coefficient (Wildman–Crippen LogP) is 4.74. The van der Waals surface area contributed by atoms with E-state index in [1.165, 1.54) is 6.07 Å². The van der Waals surface area contributed by atoms with Gasteiger partial charge in [0, 0.05) is 37.8 Å². The molecule has 0 bridgehead atoms. The highest BCUT2D eigenvalue weighted by atomic mass is 79.9. The van der Waals surface area contributed by atoms with Crippen LogP contribution in [-0.4, -0.2) is 22.9 Å². The summed E-state index contributed by atoms with van der Waals surface area (Å²) in [6.45, 7) is 1.79. The molecule has 1 saturated heterocycles. The van der Waals surface area contributed by atoms with Crippen LogP contribution >= 0.6 is 15.9 Å². The fourth-order valence-corrected chi connectivity index (χ4v) is 5.58. The van der Waals surface area contributed by atoms with Crippen molar-refractivity contribution in [1.29, 1.82) is 0 Å². The standard InChI is InChI=1S/C25H21BrFN3O4/c1-14-22(17-12-16(26)10-11-21(17)34-13-15-6-2-4-8-19(15)27)23(30(32)33)25(29-14)18-7-3-5-9-20(18)28-24(25)31/h2-12,14,22-23,29H,13H2,1H3,(H,28,31)/t14-,22+,23+,25-/m0/s1. The molecule has 4 atom stereocenters. The number of ether oxygens (including phenoxy) is 1. The van der Waals surface area contributed by atoms with Gasteiger partial charge < -0.3 is 10.1 Å². The number of nitrogens with one attached hydrogen (secondary N) is 2. The van der Waals surface area contributed by atoms with Gasteiger partial charge >= 0.3 is 0 Å². The zero-order chi connectivity index (χ0) is 24.0. The van der Waals surface area contributed by atoms with Crippen molar-refractivity contribution in [3.05, 3.63) is 104 Å². The predicted molar refractivity (Wildman–Crippen MR) is 128 cm³/mol. The lowest BCUT2D eigenvalue weighted by Crippen LogP contribution is -2.54. The van der Waals surface area contributed by atoms with Crippen molar-refractivity contribution in [3.63, 3.8) is 0 Å². The molecular weight excluding hydrogens is 505 g/mol. The lowest BCUT2D eigenvalue weighted by Gasteiger charge is -2.26. The van der Waals surface area contributed by atoms with Crippen molar-refractivity contribution in [3.8, 4) is 5.75 Å². The maximum Gasteiger partial charge on any atom is 0.256 e. The lowest BCUT2D eigenvalue weighted by atomic mass is 9.78. The molecule has 5 rings (SSSR count). The van der Waals surface area contributed by atoms with Crippen LogP contribution in [0.3, 0.4) is 0 Å². The van der Waals surface area contributed by atoms with E-state index in [1.807, 2.05) is 6.92 Å². The number of hydrogen-bond donors (Lipinski definition) is 2. The number of anilines is 1. The number of hydrogen-bond acceptors (Lipinski definition) is 5. The Bertz CT molecular complexity index is 1300. The Hall–Kier alpha value is -3.30. The van der Waals surface area contributed by atoms with Crippen LogP contribution in [0, 0.1) is 15.9 Å². The van der Waals surface area contributed by atoms with Gasteiger partial charge in [-0.25, -0.2) is 4.39 Å². The van der Waals surface area contributed by atoms with Crippen LogP contribution in [0.5, 0.6) is 5.75 Å². The Morgan fingerprint density at radius 3 is 2.65 bits per heavy atom. The lowest BCUT2D eigenvalue weighted by molar-refractivity contribution is -0.532. The number of para-hydroxylation sites is 1. The van der Waals surface area contributed by atoms with Gasteiger partial charge in [-0.05, 0) is 37.3 Å². The minimum atomic E-state index is -1.52. The Labute approximate surface area is 203 Å². The van der Waals surface area contributed by atoms with Crippen LogP contribution in [0.1, 0.15) is 29.5 Å². The molecule has 0 aliphatic carbocycles. The first-order valence-electron chi connectivity index (χ1n) is 10.8.